The summed E-state index contributed by atoms with van der Waals surface area (Å²) in [5.74, 6) is -0.193. The van der Waals surface area contributed by atoms with Crippen molar-refractivity contribution in [1.82, 2.24) is 0 Å². The van der Waals surface area contributed by atoms with E-state index in [0.29, 0.717) is 0 Å². The van der Waals surface area contributed by atoms with E-state index < -0.39 is 6.36 Å². The molecule has 1 aromatic rings. The lowest BCUT2D eigenvalue weighted by molar-refractivity contribution is -0.274. The fourth-order valence-corrected chi connectivity index (χ4v) is 1.24. The molecule has 1 atom stereocenters. The number of benzene rings is 1. The first-order valence-corrected chi connectivity index (χ1v) is 4.80. The Morgan fingerprint density at radius 3 is 2.50 bits per heavy atom. The maximum atomic E-state index is 11.8. The van der Waals surface area contributed by atoms with Gasteiger partial charge in [0.15, 0.2) is 0 Å². The van der Waals surface area contributed by atoms with Crippen LogP contribution in [-0.2, 0) is 0 Å². The molecule has 5 heteroatoms. The average molecular weight is 269 g/mol. The number of halogens is 4. The van der Waals surface area contributed by atoms with Crippen LogP contribution in [0.3, 0.4) is 0 Å². The Hall–Kier alpha value is -0.710. The number of hydrogen-bond acceptors (Lipinski definition) is 1. The molecule has 0 aliphatic rings. The number of hydrogen-bond donors (Lipinski definition) is 0. The normalized spacial score (nSPS) is 13.8. The van der Waals surface area contributed by atoms with Crippen LogP contribution in [0.15, 0.2) is 24.3 Å². The molecule has 0 bridgehead atoms. The van der Waals surface area contributed by atoms with Gasteiger partial charge in [0.2, 0.25) is 0 Å². The van der Waals surface area contributed by atoms with Gasteiger partial charge in [0.1, 0.15) is 5.75 Å². The van der Waals surface area contributed by atoms with Gasteiger partial charge in [-0.15, -0.1) is 13.2 Å². The third kappa shape index (κ3) is 3.57. The highest BCUT2D eigenvalue weighted by Crippen LogP contribution is 2.28. The SMILES string of the molecule is CC(Br)c1cccc(OC(F)(F)F)c1. The molecule has 0 N–H and O–H groups in total. The van der Waals surface area contributed by atoms with Crippen molar-refractivity contribution >= 4 is 15.9 Å². The number of alkyl halides is 4. The first kappa shape index (κ1) is 11.4. The van der Waals surface area contributed by atoms with Gasteiger partial charge in [-0.05, 0) is 24.6 Å². The van der Waals surface area contributed by atoms with Crippen molar-refractivity contribution in [1.29, 1.82) is 0 Å². The summed E-state index contributed by atoms with van der Waals surface area (Å²) in [5, 5.41) is 0. The van der Waals surface area contributed by atoms with Gasteiger partial charge in [-0.3, -0.25) is 0 Å². The van der Waals surface area contributed by atoms with Gasteiger partial charge in [0.05, 0.1) is 0 Å². The van der Waals surface area contributed by atoms with Crippen LogP contribution in [0.2, 0.25) is 0 Å². The molecule has 0 fully saturated rings. The summed E-state index contributed by atoms with van der Waals surface area (Å²) < 4.78 is 39.3. The topological polar surface area (TPSA) is 9.23 Å². The molecule has 0 spiro atoms. The third-order valence-electron chi connectivity index (χ3n) is 1.55. The maximum absolute atomic E-state index is 11.8. The molecule has 0 aliphatic heterocycles. The van der Waals surface area contributed by atoms with E-state index in [0.717, 1.165) is 5.56 Å². The third-order valence-corrected chi connectivity index (χ3v) is 2.08. The smallest absolute Gasteiger partial charge is 0.406 e. The van der Waals surface area contributed by atoms with Crippen LogP contribution in [-0.4, -0.2) is 6.36 Å². The molecule has 1 nitrogen and oxygen atoms in total. The minimum atomic E-state index is -4.63. The van der Waals surface area contributed by atoms with Crippen LogP contribution in [0, 0.1) is 0 Å². The van der Waals surface area contributed by atoms with Crippen LogP contribution < -0.4 is 4.74 Å². The largest absolute Gasteiger partial charge is 0.573 e. The summed E-state index contributed by atoms with van der Waals surface area (Å²) in [6.45, 7) is 1.83. The molecule has 0 amide bonds. The Morgan fingerprint density at radius 1 is 1.36 bits per heavy atom. The summed E-state index contributed by atoms with van der Waals surface area (Å²) in [7, 11) is 0. The van der Waals surface area contributed by atoms with Crippen molar-refractivity contribution < 1.29 is 17.9 Å². The van der Waals surface area contributed by atoms with Gasteiger partial charge in [-0.2, -0.15) is 0 Å². The highest BCUT2D eigenvalue weighted by atomic mass is 79.9. The number of rotatable bonds is 2. The Labute approximate surface area is 88.0 Å². The highest BCUT2D eigenvalue weighted by Gasteiger charge is 2.31. The van der Waals surface area contributed by atoms with Crippen molar-refractivity contribution in [3.05, 3.63) is 29.8 Å². The zero-order chi connectivity index (χ0) is 10.8. The van der Waals surface area contributed by atoms with Crippen molar-refractivity contribution in [3.8, 4) is 5.75 Å². The Balaban J connectivity index is 2.84. The summed E-state index contributed by atoms with van der Waals surface area (Å²) in [6.07, 6.45) is -4.63. The van der Waals surface area contributed by atoms with Gasteiger partial charge >= 0.3 is 6.36 Å². The van der Waals surface area contributed by atoms with E-state index in [-0.39, 0.29) is 10.6 Å². The fourth-order valence-electron chi connectivity index (χ4n) is 0.959. The maximum Gasteiger partial charge on any atom is 0.573 e. The van der Waals surface area contributed by atoms with Gasteiger partial charge in [0.25, 0.3) is 0 Å². The Kier molecular flexibility index (Phi) is 3.42. The van der Waals surface area contributed by atoms with Crippen LogP contribution in [0.4, 0.5) is 13.2 Å². The molecular weight excluding hydrogens is 261 g/mol. The minimum absolute atomic E-state index is 0.000663. The number of ether oxygens (including phenoxy) is 1. The van der Waals surface area contributed by atoms with Gasteiger partial charge in [-0.1, -0.05) is 28.1 Å². The van der Waals surface area contributed by atoms with Crippen molar-refractivity contribution in [2.45, 2.75) is 18.1 Å². The van der Waals surface area contributed by atoms with Crippen molar-refractivity contribution in [2.24, 2.45) is 0 Å². The first-order valence-electron chi connectivity index (χ1n) is 3.88. The average Bonchev–Trinajstić information content (AvgIpc) is 2.01. The second-order valence-corrected chi connectivity index (χ2v) is 4.11. The first-order chi connectivity index (χ1) is 6.38. The summed E-state index contributed by atoms with van der Waals surface area (Å²) >= 11 is 3.26. The van der Waals surface area contributed by atoms with Crippen molar-refractivity contribution in [3.63, 3.8) is 0 Å². The molecule has 0 heterocycles. The highest BCUT2D eigenvalue weighted by molar-refractivity contribution is 9.09. The lowest BCUT2D eigenvalue weighted by Crippen LogP contribution is -2.17. The lowest BCUT2D eigenvalue weighted by atomic mass is 10.2. The van der Waals surface area contributed by atoms with Crippen LogP contribution in [0.25, 0.3) is 0 Å². The second-order valence-electron chi connectivity index (χ2n) is 2.74. The van der Waals surface area contributed by atoms with E-state index in [1.807, 2.05) is 6.92 Å². The van der Waals surface area contributed by atoms with Gasteiger partial charge in [0, 0.05) is 4.83 Å². The molecule has 1 rings (SSSR count). The molecule has 1 unspecified atom stereocenters. The molecule has 1 aromatic carbocycles. The predicted octanol–water partition coefficient (Wildman–Crippen LogP) is 4.04. The molecular formula is C9H8BrF3O. The van der Waals surface area contributed by atoms with Gasteiger partial charge < -0.3 is 4.74 Å². The lowest BCUT2D eigenvalue weighted by Gasteiger charge is -2.10. The van der Waals surface area contributed by atoms with E-state index in [1.54, 1.807) is 6.07 Å². The summed E-state index contributed by atoms with van der Waals surface area (Å²) in [5.41, 5.74) is 0.742. The molecule has 0 saturated carbocycles. The van der Waals surface area contributed by atoms with Gasteiger partial charge in [-0.25, -0.2) is 0 Å². The van der Waals surface area contributed by atoms with E-state index in [2.05, 4.69) is 20.7 Å². The molecule has 0 saturated heterocycles. The van der Waals surface area contributed by atoms with Crippen molar-refractivity contribution in [2.75, 3.05) is 0 Å². The standard InChI is InChI=1S/C9H8BrF3O/c1-6(10)7-3-2-4-8(5-7)14-9(11,12)13/h2-6H,1H3. The quantitative estimate of drug-likeness (QED) is 0.736. The molecule has 0 aliphatic carbocycles. The zero-order valence-corrected chi connectivity index (χ0v) is 8.89. The summed E-state index contributed by atoms with van der Waals surface area (Å²) in [4.78, 5) is -0.000663. The fraction of sp³-hybridized carbons (Fsp3) is 0.333. The van der Waals surface area contributed by atoms with E-state index in [9.17, 15) is 13.2 Å². The van der Waals surface area contributed by atoms with Crippen LogP contribution >= 0.6 is 15.9 Å². The minimum Gasteiger partial charge on any atom is -0.406 e. The molecule has 0 radical (unpaired) electrons. The Morgan fingerprint density at radius 2 is 2.00 bits per heavy atom. The zero-order valence-electron chi connectivity index (χ0n) is 7.31. The second kappa shape index (κ2) is 4.21. The van der Waals surface area contributed by atoms with Crippen LogP contribution in [0.1, 0.15) is 17.3 Å². The monoisotopic (exact) mass is 268 g/mol. The van der Waals surface area contributed by atoms with Crippen LogP contribution in [0.5, 0.6) is 5.75 Å². The van der Waals surface area contributed by atoms with E-state index >= 15 is 0 Å². The molecule has 0 aromatic heterocycles. The summed E-state index contributed by atoms with van der Waals surface area (Å²) in [6, 6.07) is 5.87. The molecule has 78 valence electrons. The van der Waals surface area contributed by atoms with E-state index in [4.69, 9.17) is 0 Å². The predicted molar refractivity (Wildman–Crippen MR) is 50.5 cm³/mol. The van der Waals surface area contributed by atoms with E-state index in [1.165, 1.54) is 18.2 Å². The Bertz CT molecular complexity index is 309. The molecule has 14 heavy (non-hydrogen) atoms.